The molecule has 35 heavy (non-hydrogen) atoms. The molecule has 1 atom stereocenters. The van der Waals surface area contributed by atoms with E-state index in [1.165, 1.54) is 11.6 Å². The van der Waals surface area contributed by atoms with Gasteiger partial charge in [0.25, 0.3) is 5.56 Å². The molecule has 6 rings (SSSR count). The van der Waals surface area contributed by atoms with Gasteiger partial charge in [0.05, 0.1) is 28.0 Å². The minimum atomic E-state index is -0.627. The summed E-state index contributed by atoms with van der Waals surface area (Å²) < 4.78 is 11.3. The molecule has 6 nitrogen and oxygen atoms in total. The average molecular weight is 484 g/mol. The first-order valence-corrected chi connectivity index (χ1v) is 11.7. The molecule has 0 spiro atoms. The first-order chi connectivity index (χ1) is 16.9. The van der Waals surface area contributed by atoms with Crippen molar-refractivity contribution >= 4 is 22.5 Å². The molecule has 0 bridgehead atoms. The topological polar surface area (TPSA) is 58.2 Å². The second kappa shape index (κ2) is 7.75. The van der Waals surface area contributed by atoms with Gasteiger partial charge >= 0.3 is 5.69 Å². The summed E-state index contributed by atoms with van der Waals surface area (Å²) in [6.07, 6.45) is -0.627. The third kappa shape index (κ3) is 3.03. The summed E-state index contributed by atoms with van der Waals surface area (Å²) >= 11 is 6.65. The Morgan fingerprint density at radius 2 is 1.54 bits per heavy atom. The highest BCUT2D eigenvalue weighted by Crippen LogP contribution is 2.47. The Balaban J connectivity index is 1.88. The van der Waals surface area contributed by atoms with E-state index in [1.54, 1.807) is 7.05 Å². The first-order valence-electron chi connectivity index (χ1n) is 11.3. The predicted octanol–water partition coefficient (Wildman–Crippen LogP) is 5.14. The lowest BCUT2D eigenvalue weighted by Gasteiger charge is -2.30. The normalized spacial score (nSPS) is 14.5. The molecule has 0 amide bonds. The lowest BCUT2D eigenvalue weighted by Crippen LogP contribution is -2.37. The molecule has 174 valence electrons. The molecule has 5 aromatic rings. The molecule has 0 fully saturated rings. The van der Waals surface area contributed by atoms with E-state index in [1.807, 2.05) is 79.7 Å². The van der Waals surface area contributed by atoms with E-state index in [0.29, 0.717) is 27.4 Å². The standard InChI is InChI=1S/C28H22ClN3O3/c1-16-12-14-17(15-13-16)23-22-24(30(2)28(34)31(3)27(22)33)25-26(18-8-4-5-9-19(18)29)35-21-11-7-6-10-20(21)32(23)25/h4-15,26H,1-3H3/t26-/m1/s1. The van der Waals surface area contributed by atoms with Gasteiger partial charge in [0, 0.05) is 24.7 Å². The zero-order valence-electron chi connectivity index (χ0n) is 19.4. The van der Waals surface area contributed by atoms with E-state index >= 15 is 0 Å². The van der Waals surface area contributed by atoms with Gasteiger partial charge in [0.15, 0.2) is 6.10 Å². The number of ether oxygens (including phenoxy) is 1. The fraction of sp³-hybridized carbons (Fsp3) is 0.143. The molecule has 3 heterocycles. The molecule has 0 radical (unpaired) electrons. The van der Waals surface area contributed by atoms with E-state index in [2.05, 4.69) is 4.57 Å². The highest BCUT2D eigenvalue weighted by molar-refractivity contribution is 6.31. The fourth-order valence-corrected chi connectivity index (χ4v) is 5.23. The summed E-state index contributed by atoms with van der Waals surface area (Å²) in [7, 11) is 3.20. The third-order valence-corrected chi connectivity index (χ3v) is 7.06. The Labute approximate surface area is 206 Å². The predicted molar refractivity (Wildman–Crippen MR) is 138 cm³/mol. The van der Waals surface area contributed by atoms with Crippen LogP contribution in [-0.2, 0) is 14.1 Å². The average Bonchev–Trinajstić information content (AvgIpc) is 3.23. The van der Waals surface area contributed by atoms with Gasteiger partial charge in [-0.05, 0) is 30.7 Å². The molecule has 7 heteroatoms. The molecule has 0 aliphatic carbocycles. The smallest absolute Gasteiger partial charge is 0.331 e. The summed E-state index contributed by atoms with van der Waals surface area (Å²) in [5.74, 6) is 0.667. The molecule has 0 saturated heterocycles. The number of para-hydroxylation sites is 2. The Bertz CT molecular complexity index is 1760. The molecule has 1 aliphatic rings. The molecular weight excluding hydrogens is 462 g/mol. The van der Waals surface area contributed by atoms with Crippen LogP contribution in [0.4, 0.5) is 0 Å². The zero-order valence-corrected chi connectivity index (χ0v) is 20.2. The van der Waals surface area contributed by atoms with E-state index in [0.717, 1.165) is 32.6 Å². The van der Waals surface area contributed by atoms with Crippen molar-refractivity contribution in [3.63, 3.8) is 0 Å². The SMILES string of the molecule is Cc1ccc(-c2c3c(=O)n(C)c(=O)n(C)c3c3n2-c2ccccc2O[C@@H]3c2ccccc2Cl)cc1. The first kappa shape index (κ1) is 21.5. The van der Waals surface area contributed by atoms with Crippen LogP contribution in [0.3, 0.4) is 0 Å². The quantitative estimate of drug-likeness (QED) is 0.349. The number of halogens is 1. The van der Waals surface area contributed by atoms with Crippen molar-refractivity contribution < 1.29 is 4.74 Å². The van der Waals surface area contributed by atoms with Gasteiger partial charge in [-0.25, -0.2) is 4.79 Å². The van der Waals surface area contributed by atoms with Crippen molar-refractivity contribution in [2.75, 3.05) is 0 Å². The molecule has 0 saturated carbocycles. The monoisotopic (exact) mass is 483 g/mol. The van der Waals surface area contributed by atoms with Gasteiger partial charge in [-0.15, -0.1) is 0 Å². The molecule has 2 aromatic heterocycles. The van der Waals surface area contributed by atoms with Crippen LogP contribution in [-0.4, -0.2) is 13.7 Å². The van der Waals surface area contributed by atoms with Gasteiger partial charge in [0.1, 0.15) is 5.75 Å². The van der Waals surface area contributed by atoms with E-state index in [9.17, 15) is 9.59 Å². The van der Waals surface area contributed by atoms with Crippen molar-refractivity contribution in [3.8, 4) is 22.7 Å². The maximum Gasteiger partial charge on any atom is 0.331 e. The number of nitrogens with zero attached hydrogens (tertiary/aromatic N) is 3. The van der Waals surface area contributed by atoms with Crippen LogP contribution < -0.4 is 16.0 Å². The van der Waals surface area contributed by atoms with Crippen molar-refractivity contribution in [2.24, 2.45) is 14.1 Å². The number of benzene rings is 3. The fourth-order valence-electron chi connectivity index (χ4n) is 5.00. The number of fused-ring (bicyclic) bond motifs is 5. The highest BCUT2D eigenvalue weighted by atomic mass is 35.5. The van der Waals surface area contributed by atoms with Gasteiger partial charge in [-0.3, -0.25) is 13.9 Å². The number of rotatable bonds is 2. The van der Waals surface area contributed by atoms with E-state index in [4.69, 9.17) is 16.3 Å². The molecular formula is C28H22ClN3O3. The maximum absolute atomic E-state index is 13.7. The lowest BCUT2D eigenvalue weighted by atomic mass is 10.0. The minimum absolute atomic E-state index is 0.351. The van der Waals surface area contributed by atoms with Crippen LogP contribution in [0, 0.1) is 6.92 Å². The summed E-state index contributed by atoms with van der Waals surface area (Å²) in [4.78, 5) is 26.8. The van der Waals surface area contributed by atoms with Crippen LogP contribution in [0.1, 0.15) is 22.9 Å². The minimum Gasteiger partial charge on any atom is -0.477 e. The summed E-state index contributed by atoms with van der Waals surface area (Å²) in [6.45, 7) is 2.02. The number of aromatic nitrogens is 3. The molecule has 1 aliphatic heterocycles. The number of hydrogen-bond donors (Lipinski definition) is 0. The Morgan fingerprint density at radius 1 is 0.857 bits per heavy atom. The van der Waals surface area contributed by atoms with Gasteiger partial charge in [-0.2, -0.15) is 0 Å². The number of aryl methyl sites for hydroxylation is 2. The van der Waals surface area contributed by atoms with Gasteiger partial charge in [-0.1, -0.05) is 71.8 Å². The van der Waals surface area contributed by atoms with Crippen LogP contribution >= 0.6 is 11.6 Å². The van der Waals surface area contributed by atoms with Gasteiger partial charge < -0.3 is 9.30 Å². The summed E-state index contributed by atoms with van der Waals surface area (Å²) in [5, 5.41) is 1.01. The van der Waals surface area contributed by atoms with Crippen molar-refractivity contribution in [3.05, 3.63) is 115 Å². The Morgan fingerprint density at radius 3 is 2.29 bits per heavy atom. The second-order valence-electron chi connectivity index (χ2n) is 8.85. The summed E-state index contributed by atoms with van der Waals surface area (Å²) in [5.41, 5.74) is 4.74. The maximum atomic E-state index is 13.7. The van der Waals surface area contributed by atoms with E-state index in [-0.39, 0.29) is 5.56 Å². The van der Waals surface area contributed by atoms with Crippen molar-refractivity contribution in [1.82, 2.24) is 13.7 Å². The Kier molecular flexibility index (Phi) is 4.76. The van der Waals surface area contributed by atoms with Crippen LogP contribution in [0.15, 0.2) is 82.4 Å². The highest BCUT2D eigenvalue weighted by Gasteiger charge is 2.36. The van der Waals surface area contributed by atoms with Crippen molar-refractivity contribution in [2.45, 2.75) is 13.0 Å². The zero-order chi connectivity index (χ0) is 24.4. The van der Waals surface area contributed by atoms with Gasteiger partial charge in [0.2, 0.25) is 0 Å². The molecule has 0 N–H and O–H groups in total. The Hall–Kier alpha value is -4.03. The van der Waals surface area contributed by atoms with Crippen LogP contribution in [0.25, 0.3) is 27.8 Å². The third-order valence-electron chi connectivity index (χ3n) is 6.72. The van der Waals surface area contributed by atoms with Crippen LogP contribution in [0.2, 0.25) is 5.02 Å². The van der Waals surface area contributed by atoms with E-state index < -0.39 is 11.8 Å². The number of hydrogen-bond acceptors (Lipinski definition) is 3. The molecule has 0 unspecified atom stereocenters. The van der Waals surface area contributed by atoms with Crippen LogP contribution in [0.5, 0.6) is 5.75 Å². The largest absolute Gasteiger partial charge is 0.477 e. The second-order valence-corrected chi connectivity index (χ2v) is 9.26. The summed E-state index contributed by atoms with van der Waals surface area (Å²) in [6, 6.07) is 23.2. The lowest BCUT2D eigenvalue weighted by molar-refractivity contribution is 0.229. The molecule has 3 aromatic carbocycles. The van der Waals surface area contributed by atoms with Crippen molar-refractivity contribution in [1.29, 1.82) is 0 Å².